The third-order valence-electron chi connectivity index (χ3n) is 3.09. The maximum absolute atomic E-state index is 3.58. The highest BCUT2D eigenvalue weighted by Gasteiger charge is 2.07. The highest BCUT2D eigenvalue weighted by atomic mass is 32.2. The first-order valence-corrected chi connectivity index (χ1v) is 7.14. The smallest absolute Gasteiger partial charge is 0.0226 e. The van der Waals surface area contributed by atoms with E-state index in [0.29, 0.717) is 6.04 Å². The molecule has 0 saturated heterocycles. The van der Waals surface area contributed by atoms with Crippen LogP contribution in [0.1, 0.15) is 30.8 Å². The van der Waals surface area contributed by atoms with E-state index < -0.39 is 0 Å². The first kappa shape index (κ1) is 13.7. The molecule has 1 N–H and O–H groups in total. The number of aromatic nitrogens is 1. The van der Waals surface area contributed by atoms with Gasteiger partial charge >= 0.3 is 0 Å². The van der Waals surface area contributed by atoms with Gasteiger partial charge in [-0.2, -0.15) is 11.8 Å². The molecule has 0 aliphatic heterocycles. The van der Waals surface area contributed by atoms with Crippen molar-refractivity contribution in [3.8, 4) is 0 Å². The van der Waals surface area contributed by atoms with Crippen LogP contribution in [0.15, 0.2) is 6.07 Å². The Balaban J connectivity index is 2.45. The number of aryl methyl sites for hydroxylation is 1. The molecule has 0 aliphatic carbocycles. The summed E-state index contributed by atoms with van der Waals surface area (Å²) < 4.78 is 2.25. The van der Waals surface area contributed by atoms with Gasteiger partial charge in [-0.3, -0.25) is 0 Å². The summed E-state index contributed by atoms with van der Waals surface area (Å²) in [5.74, 6) is 2.40. The Morgan fingerprint density at radius 1 is 1.44 bits per heavy atom. The van der Waals surface area contributed by atoms with E-state index in [1.54, 1.807) is 0 Å². The van der Waals surface area contributed by atoms with Crippen molar-refractivity contribution >= 4 is 11.8 Å². The van der Waals surface area contributed by atoms with E-state index >= 15 is 0 Å². The first-order valence-electron chi connectivity index (χ1n) is 5.99. The molecule has 1 atom stereocenters. The summed E-state index contributed by atoms with van der Waals surface area (Å²) in [6.45, 7) is 9.80. The van der Waals surface area contributed by atoms with Gasteiger partial charge in [0.25, 0.3) is 0 Å². The van der Waals surface area contributed by atoms with Crippen LogP contribution in [0.4, 0.5) is 0 Å². The Hall–Kier alpha value is -0.410. The number of hydrogen-bond acceptors (Lipinski definition) is 2. The van der Waals surface area contributed by atoms with E-state index in [1.165, 1.54) is 28.5 Å². The molecule has 92 valence electrons. The molecule has 16 heavy (non-hydrogen) atoms. The fourth-order valence-corrected chi connectivity index (χ4v) is 2.46. The molecule has 0 spiro atoms. The largest absolute Gasteiger partial charge is 0.352 e. The van der Waals surface area contributed by atoms with Gasteiger partial charge in [0.1, 0.15) is 0 Å². The van der Waals surface area contributed by atoms with Crippen molar-refractivity contribution in [2.75, 3.05) is 11.5 Å². The van der Waals surface area contributed by atoms with Crippen molar-refractivity contribution in [1.82, 2.24) is 9.88 Å². The zero-order valence-corrected chi connectivity index (χ0v) is 11.9. The molecule has 0 radical (unpaired) electrons. The molecule has 0 bridgehead atoms. The van der Waals surface area contributed by atoms with Crippen LogP contribution in [0.2, 0.25) is 0 Å². The van der Waals surface area contributed by atoms with Crippen LogP contribution < -0.4 is 5.32 Å². The maximum atomic E-state index is 3.58. The fourth-order valence-electron chi connectivity index (χ4n) is 1.75. The molecule has 0 fully saturated rings. The molecule has 1 unspecified atom stereocenters. The average Bonchev–Trinajstić information content (AvgIpc) is 2.51. The van der Waals surface area contributed by atoms with Crippen molar-refractivity contribution in [1.29, 1.82) is 0 Å². The third-order valence-corrected chi connectivity index (χ3v) is 4.24. The van der Waals surface area contributed by atoms with Crippen LogP contribution in [0.5, 0.6) is 0 Å². The predicted octanol–water partition coefficient (Wildman–Crippen LogP) is 2.87. The number of thioether (sulfide) groups is 1. The molecular formula is C13H24N2S. The first-order chi connectivity index (χ1) is 7.56. The molecule has 1 rings (SSSR count). The SMILES string of the molecule is CCSCC(C)NCc1cc(C)n(C)c1C. The predicted molar refractivity (Wildman–Crippen MR) is 74.2 cm³/mol. The van der Waals surface area contributed by atoms with Crippen molar-refractivity contribution in [2.24, 2.45) is 7.05 Å². The van der Waals surface area contributed by atoms with Crippen molar-refractivity contribution < 1.29 is 0 Å². The summed E-state index contributed by atoms with van der Waals surface area (Å²) in [6.07, 6.45) is 0. The molecule has 0 saturated carbocycles. The zero-order chi connectivity index (χ0) is 12.1. The minimum atomic E-state index is 0.588. The zero-order valence-electron chi connectivity index (χ0n) is 11.1. The number of rotatable bonds is 6. The van der Waals surface area contributed by atoms with Crippen LogP contribution in [0.3, 0.4) is 0 Å². The summed E-state index contributed by atoms with van der Waals surface area (Å²) in [6, 6.07) is 2.87. The molecule has 0 aromatic carbocycles. The molecule has 1 heterocycles. The van der Waals surface area contributed by atoms with Crippen molar-refractivity contribution in [2.45, 2.75) is 40.3 Å². The summed E-state index contributed by atoms with van der Waals surface area (Å²) in [4.78, 5) is 0. The van der Waals surface area contributed by atoms with Gasteiger partial charge in [-0.15, -0.1) is 0 Å². The van der Waals surface area contributed by atoms with Gasteiger partial charge in [0.2, 0.25) is 0 Å². The third kappa shape index (κ3) is 3.56. The van der Waals surface area contributed by atoms with Crippen LogP contribution in [-0.2, 0) is 13.6 Å². The van der Waals surface area contributed by atoms with E-state index in [4.69, 9.17) is 0 Å². The van der Waals surface area contributed by atoms with Gasteiger partial charge in [-0.1, -0.05) is 6.92 Å². The van der Waals surface area contributed by atoms with Gasteiger partial charge in [0.05, 0.1) is 0 Å². The Morgan fingerprint density at radius 3 is 2.62 bits per heavy atom. The number of nitrogens with zero attached hydrogens (tertiary/aromatic N) is 1. The Kier molecular flexibility index (Phi) is 5.42. The Bertz CT molecular complexity index is 331. The minimum Gasteiger partial charge on any atom is -0.352 e. The lowest BCUT2D eigenvalue weighted by atomic mass is 10.2. The lowest BCUT2D eigenvalue weighted by Gasteiger charge is -2.12. The lowest BCUT2D eigenvalue weighted by molar-refractivity contribution is 0.593. The van der Waals surface area contributed by atoms with Crippen LogP contribution in [-0.4, -0.2) is 22.1 Å². The van der Waals surface area contributed by atoms with Crippen LogP contribution >= 0.6 is 11.8 Å². The maximum Gasteiger partial charge on any atom is 0.0226 e. The van der Waals surface area contributed by atoms with E-state index in [-0.39, 0.29) is 0 Å². The molecule has 0 amide bonds. The summed E-state index contributed by atoms with van der Waals surface area (Å²) >= 11 is 2.00. The van der Waals surface area contributed by atoms with Gasteiger partial charge in [0, 0.05) is 36.8 Å². The Morgan fingerprint density at radius 2 is 2.12 bits per heavy atom. The molecule has 3 heteroatoms. The number of nitrogens with one attached hydrogen (secondary N) is 1. The topological polar surface area (TPSA) is 17.0 Å². The molecular weight excluding hydrogens is 216 g/mol. The van der Waals surface area contributed by atoms with Crippen LogP contribution in [0, 0.1) is 13.8 Å². The van der Waals surface area contributed by atoms with Gasteiger partial charge in [-0.25, -0.2) is 0 Å². The Labute approximate surface area is 104 Å². The molecule has 2 nitrogen and oxygen atoms in total. The highest BCUT2D eigenvalue weighted by molar-refractivity contribution is 7.99. The van der Waals surface area contributed by atoms with E-state index in [1.807, 2.05) is 11.8 Å². The standard InChI is InChI=1S/C13H24N2S/c1-6-16-9-10(2)14-8-13-7-11(3)15(5)12(13)4/h7,10,14H,6,8-9H2,1-5H3. The normalized spacial score (nSPS) is 13.1. The second kappa shape index (κ2) is 6.36. The summed E-state index contributed by atoms with van der Waals surface area (Å²) in [5.41, 5.74) is 4.14. The second-order valence-electron chi connectivity index (χ2n) is 4.40. The van der Waals surface area contributed by atoms with Crippen LogP contribution in [0.25, 0.3) is 0 Å². The van der Waals surface area contributed by atoms with Gasteiger partial charge < -0.3 is 9.88 Å². The second-order valence-corrected chi connectivity index (χ2v) is 5.72. The molecule has 0 aliphatic rings. The monoisotopic (exact) mass is 240 g/mol. The lowest BCUT2D eigenvalue weighted by Crippen LogP contribution is -2.27. The molecule has 1 aromatic heterocycles. The fraction of sp³-hybridized carbons (Fsp3) is 0.692. The summed E-state index contributed by atoms with van der Waals surface area (Å²) in [7, 11) is 2.13. The summed E-state index contributed by atoms with van der Waals surface area (Å²) in [5, 5.41) is 3.58. The van der Waals surface area contributed by atoms with Crippen molar-refractivity contribution in [3.05, 3.63) is 23.0 Å². The minimum absolute atomic E-state index is 0.588. The quantitative estimate of drug-likeness (QED) is 0.823. The van der Waals surface area contributed by atoms with E-state index in [9.17, 15) is 0 Å². The van der Waals surface area contributed by atoms with E-state index in [2.05, 4.69) is 50.7 Å². The highest BCUT2D eigenvalue weighted by Crippen LogP contribution is 2.13. The average molecular weight is 240 g/mol. The number of hydrogen-bond donors (Lipinski definition) is 1. The van der Waals surface area contributed by atoms with Gasteiger partial charge in [0.15, 0.2) is 0 Å². The van der Waals surface area contributed by atoms with Gasteiger partial charge in [-0.05, 0) is 38.2 Å². The van der Waals surface area contributed by atoms with E-state index in [0.717, 1.165) is 6.54 Å². The van der Waals surface area contributed by atoms with Crippen molar-refractivity contribution in [3.63, 3.8) is 0 Å². The molecule has 1 aromatic rings.